The zero-order chi connectivity index (χ0) is 19.5. The minimum absolute atomic E-state index is 0.108. The lowest BCUT2D eigenvalue weighted by Gasteiger charge is -2.31. The van der Waals surface area contributed by atoms with Crippen LogP contribution in [0.25, 0.3) is 11.4 Å². The molecule has 0 saturated carbocycles. The lowest BCUT2D eigenvalue weighted by molar-refractivity contribution is 0.122. The maximum Gasteiger partial charge on any atom is 0.319 e. The van der Waals surface area contributed by atoms with E-state index < -0.39 is 11.8 Å². The molecule has 4 rings (SSSR count). The molecule has 1 aromatic carbocycles. The summed E-state index contributed by atoms with van der Waals surface area (Å²) in [7, 11) is 1.48. The molecule has 3 N–H and O–H groups in total. The minimum Gasteiger partial charge on any atom is -0.378 e. The van der Waals surface area contributed by atoms with Crippen molar-refractivity contribution >= 4 is 17.5 Å². The number of halogens is 1. The van der Waals surface area contributed by atoms with Crippen molar-refractivity contribution in [2.24, 2.45) is 0 Å². The van der Waals surface area contributed by atoms with Crippen molar-refractivity contribution in [2.75, 3.05) is 50.1 Å². The summed E-state index contributed by atoms with van der Waals surface area (Å²) < 4.78 is 20.0. The largest absolute Gasteiger partial charge is 0.378 e. The summed E-state index contributed by atoms with van der Waals surface area (Å²) in [6.45, 7) is 4.45. The third-order valence-corrected chi connectivity index (χ3v) is 4.93. The van der Waals surface area contributed by atoms with Crippen LogP contribution in [0, 0.1) is 5.82 Å². The summed E-state index contributed by atoms with van der Waals surface area (Å²) in [6, 6.07) is 4.12. The average Bonchev–Trinajstić information content (AvgIpc) is 2.74. The Hall–Kier alpha value is -2.78. The van der Waals surface area contributed by atoms with Gasteiger partial charge < -0.3 is 25.6 Å². The standard InChI is InChI=1S/C19H23FN6O2/c1-21-19(27)24-15-3-2-12(10-14(15)20)17-23-16-11-22-5-4-13(16)18(25-17)26-6-8-28-9-7-26/h2-3,10,22H,4-9,11H2,1H3,(H2,21,24,27). The fraction of sp³-hybridized carbons (Fsp3) is 0.421. The zero-order valence-corrected chi connectivity index (χ0v) is 15.7. The number of nitrogens with zero attached hydrogens (tertiary/aromatic N) is 3. The first-order valence-electron chi connectivity index (χ1n) is 9.37. The molecule has 148 valence electrons. The Morgan fingerprint density at radius 3 is 2.86 bits per heavy atom. The average molecular weight is 386 g/mol. The number of benzene rings is 1. The highest BCUT2D eigenvalue weighted by atomic mass is 19.1. The number of aromatic nitrogens is 2. The van der Waals surface area contributed by atoms with E-state index in [1.807, 2.05) is 0 Å². The molecule has 28 heavy (non-hydrogen) atoms. The molecule has 1 saturated heterocycles. The monoisotopic (exact) mass is 386 g/mol. The molecule has 9 heteroatoms. The number of morpholine rings is 1. The van der Waals surface area contributed by atoms with Gasteiger partial charge in [-0.25, -0.2) is 19.2 Å². The lowest BCUT2D eigenvalue weighted by Crippen LogP contribution is -2.39. The molecular formula is C19H23FN6O2. The Balaban J connectivity index is 1.71. The molecule has 0 unspecified atom stereocenters. The molecule has 8 nitrogen and oxygen atoms in total. The van der Waals surface area contributed by atoms with Gasteiger partial charge in [-0.3, -0.25) is 0 Å². The van der Waals surface area contributed by atoms with Gasteiger partial charge in [0.2, 0.25) is 0 Å². The van der Waals surface area contributed by atoms with Crippen molar-refractivity contribution in [2.45, 2.75) is 13.0 Å². The fourth-order valence-electron chi connectivity index (χ4n) is 3.45. The van der Waals surface area contributed by atoms with Gasteiger partial charge >= 0.3 is 6.03 Å². The van der Waals surface area contributed by atoms with E-state index in [0.29, 0.717) is 31.1 Å². The third-order valence-electron chi connectivity index (χ3n) is 4.93. The predicted octanol–water partition coefficient (Wildman–Crippen LogP) is 1.52. The van der Waals surface area contributed by atoms with Crippen molar-refractivity contribution in [3.63, 3.8) is 0 Å². The van der Waals surface area contributed by atoms with Gasteiger partial charge in [0.05, 0.1) is 24.6 Å². The maximum absolute atomic E-state index is 14.5. The highest BCUT2D eigenvalue weighted by Gasteiger charge is 2.23. The van der Waals surface area contributed by atoms with Crippen LogP contribution in [-0.4, -0.2) is 55.9 Å². The number of hydrogen-bond acceptors (Lipinski definition) is 6. The minimum atomic E-state index is -0.534. The summed E-state index contributed by atoms with van der Waals surface area (Å²) in [5.41, 5.74) is 2.78. The number of rotatable bonds is 3. The van der Waals surface area contributed by atoms with Crippen LogP contribution >= 0.6 is 0 Å². The Kier molecular flexibility index (Phi) is 5.36. The molecule has 0 spiro atoms. The fourth-order valence-corrected chi connectivity index (χ4v) is 3.45. The molecule has 2 aromatic rings. The second kappa shape index (κ2) is 8.07. The Morgan fingerprint density at radius 1 is 1.29 bits per heavy atom. The van der Waals surface area contributed by atoms with E-state index in [9.17, 15) is 9.18 Å². The van der Waals surface area contributed by atoms with E-state index in [1.165, 1.54) is 19.2 Å². The second-order valence-electron chi connectivity index (χ2n) is 6.72. The summed E-state index contributed by atoms with van der Waals surface area (Å²) in [4.78, 5) is 23.1. The number of carbonyl (C=O) groups is 1. The van der Waals surface area contributed by atoms with Crippen LogP contribution in [0.2, 0.25) is 0 Å². The van der Waals surface area contributed by atoms with Crippen molar-refractivity contribution < 1.29 is 13.9 Å². The van der Waals surface area contributed by atoms with E-state index in [2.05, 4.69) is 25.8 Å². The highest BCUT2D eigenvalue weighted by molar-refractivity contribution is 5.89. The van der Waals surface area contributed by atoms with E-state index in [-0.39, 0.29) is 5.69 Å². The quantitative estimate of drug-likeness (QED) is 0.741. The first-order valence-corrected chi connectivity index (χ1v) is 9.37. The normalized spacial score (nSPS) is 16.4. The van der Waals surface area contributed by atoms with Crippen LogP contribution in [0.4, 0.5) is 20.7 Å². The summed E-state index contributed by atoms with van der Waals surface area (Å²) >= 11 is 0. The topological polar surface area (TPSA) is 91.4 Å². The molecule has 3 heterocycles. The molecule has 2 amide bonds. The predicted molar refractivity (Wildman–Crippen MR) is 104 cm³/mol. The van der Waals surface area contributed by atoms with Gasteiger partial charge in [0, 0.05) is 37.8 Å². The molecule has 1 fully saturated rings. The molecule has 0 atom stereocenters. The third kappa shape index (κ3) is 3.76. The van der Waals surface area contributed by atoms with Gasteiger partial charge in [0.15, 0.2) is 5.82 Å². The highest BCUT2D eigenvalue weighted by Crippen LogP contribution is 2.29. The Morgan fingerprint density at radius 2 is 2.11 bits per heavy atom. The first-order chi connectivity index (χ1) is 13.7. The number of anilines is 2. The second-order valence-corrected chi connectivity index (χ2v) is 6.72. The van der Waals surface area contributed by atoms with Crippen LogP contribution in [0.15, 0.2) is 18.2 Å². The SMILES string of the molecule is CNC(=O)Nc1ccc(-c2nc3c(c(N4CCOCC4)n2)CCNC3)cc1F. The van der Waals surface area contributed by atoms with Gasteiger partial charge in [-0.05, 0) is 31.2 Å². The van der Waals surface area contributed by atoms with Crippen LogP contribution in [-0.2, 0) is 17.7 Å². The molecule has 1 aromatic heterocycles. The summed E-state index contributed by atoms with van der Waals surface area (Å²) in [5, 5.41) is 8.19. The molecule has 0 aliphatic carbocycles. The molecule has 0 bridgehead atoms. The van der Waals surface area contributed by atoms with Crippen molar-refractivity contribution in [3.05, 3.63) is 35.3 Å². The van der Waals surface area contributed by atoms with Gasteiger partial charge in [-0.1, -0.05) is 0 Å². The van der Waals surface area contributed by atoms with Gasteiger partial charge in [-0.2, -0.15) is 0 Å². The van der Waals surface area contributed by atoms with Crippen LogP contribution in [0.3, 0.4) is 0 Å². The van der Waals surface area contributed by atoms with Crippen LogP contribution in [0.1, 0.15) is 11.3 Å². The van der Waals surface area contributed by atoms with Crippen molar-refractivity contribution in [1.29, 1.82) is 0 Å². The summed E-state index contributed by atoms with van der Waals surface area (Å²) in [5.74, 6) is 0.862. The van der Waals surface area contributed by atoms with E-state index in [0.717, 1.165) is 43.1 Å². The van der Waals surface area contributed by atoms with E-state index >= 15 is 0 Å². The number of fused-ring (bicyclic) bond motifs is 1. The lowest BCUT2D eigenvalue weighted by atomic mass is 10.1. The number of ether oxygens (including phenoxy) is 1. The Labute approximate surface area is 162 Å². The molecule has 0 radical (unpaired) electrons. The van der Waals surface area contributed by atoms with Crippen molar-refractivity contribution in [3.8, 4) is 11.4 Å². The number of amides is 2. The van der Waals surface area contributed by atoms with Crippen LogP contribution in [0.5, 0.6) is 0 Å². The van der Waals surface area contributed by atoms with Gasteiger partial charge in [0.25, 0.3) is 0 Å². The first kappa shape index (κ1) is 18.6. The zero-order valence-electron chi connectivity index (χ0n) is 15.7. The Bertz CT molecular complexity index is 885. The van der Waals surface area contributed by atoms with Gasteiger partial charge in [-0.15, -0.1) is 0 Å². The van der Waals surface area contributed by atoms with Crippen molar-refractivity contribution in [1.82, 2.24) is 20.6 Å². The molecule has 2 aliphatic heterocycles. The van der Waals surface area contributed by atoms with Crippen LogP contribution < -0.4 is 20.9 Å². The van der Waals surface area contributed by atoms with E-state index in [4.69, 9.17) is 9.72 Å². The number of hydrogen-bond donors (Lipinski definition) is 3. The number of urea groups is 1. The smallest absolute Gasteiger partial charge is 0.319 e. The maximum atomic E-state index is 14.5. The van der Waals surface area contributed by atoms with Gasteiger partial charge in [0.1, 0.15) is 11.6 Å². The molecule has 2 aliphatic rings. The van der Waals surface area contributed by atoms with E-state index in [1.54, 1.807) is 6.07 Å². The number of nitrogens with one attached hydrogen (secondary N) is 3. The number of carbonyl (C=O) groups excluding carboxylic acids is 1. The molecular weight excluding hydrogens is 363 g/mol. The summed E-state index contributed by atoms with van der Waals surface area (Å²) in [6.07, 6.45) is 0.867.